The Morgan fingerprint density at radius 3 is 2.00 bits per heavy atom. The summed E-state index contributed by atoms with van der Waals surface area (Å²) in [4.78, 5) is 0. The van der Waals surface area contributed by atoms with Gasteiger partial charge in [-0.05, 0) is 13.8 Å². The van der Waals surface area contributed by atoms with Gasteiger partial charge < -0.3 is 4.74 Å². The standard InChI is InChI=1S/C7H13F2IO/c1-6(2,4-10)11-5-7(3,8)9/h4-5H2,1-3H3. The molecule has 1 nitrogen and oxygen atoms in total. The number of alkyl halides is 3. The van der Waals surface area contributed by atoms with Crippen LogP contribution in [0.4, 0.5) is 8.78 Å². The van der Waals surface area contributed by atoms with E-state index >= 15 is 0 Å². The highest BCUT2D eigenvalue weighted by atomic mass is 127. The van der Waals surface area contributed by atoms with Gasteiger partial charge in [0.25, 0.3) is 5.92 Å². The lowest BCUT2D eigenvalue weighted by atomic mass is 10.2. The van der Waals surface area contributed by atoms with Gasteiger partial charge in [0.2, 0.25) is 0 Å². The van der Waals surface area contributed by atoms with E-state index in [4.69, 9.17) is 4.74 Å². The van der Waals surface area contributed by atoms with Crippen molar-refractivity contribution in [2.24, 2.45) is 0 Å². The van der Waals surface area contributed by atoms with Crippen molar-refractivity contribution in [3.8, 4) is 0 Å². The lowest BCUT2D eigenvalue weighted by Crippen LogP contribution is -2.32. The van der Waals surface area contributed by atoms with E-state index in [-0.39, 0.29) is 0 Å². The van der Waals surface area contributed by atoms with E-state index in [2.05, 4.69) is 22.6 Å². The summed E-state index contributed by atoms with van der Waals surface area (Å²) in [5.74, 6) is -2.72. The lowest BCUT2D eigenvalue weighted by Gasteiger charge is -2.24. The Morgan fingerprint density at radius 1 is 1.27 bits per heavy atom. The number of hydrogen-bond donors (Lipinski definition) is 0. The van der Waals surface area contributed by atoms with E-state index < -0.39 is 18.1 Å². The quantitative estimate of drug-likeness (QED) is 0.567. The summed E-state index contributed by atoms with van der Waals surface area (Å²) < 4.78 is 30.2. The molecule has 4 heteroatoms. The SMILES string of the molecule is CC(F)(F)COC(C)(C)CI. The highest BCUT2D eigenvalue weighted by molar-refractivity contribution is 14.1. The molecule has 0 unspecified atom stereocenters. The van der Waals surface area contributed by atoms with Gasteiger partial charge in [0.05, 0.1) is 5.60 Å². The Morgan fingerprint density at radius 2 is 1.73 bits per heavy atom. The largest absolute Gasteiger partial charge is 0.369 e. The monoisotopic (exact) mass is 278 g/mol. The summed E-state index contributed by atoms with van der Waals surface area (Å²) in [6.07, 6.45) is 0. The topological polar surface area (TPSA) is 9.23 Å². The number of rotatable bonds is 4. The molecule has 0 bridgehead atoms. The molecule has 0 radical (unpaired) electrons. The molecule has 0 aliphatic heterocycles. The zero-order valence-electron chi connectivity index (χ0n) is 6.96. The van der Waals surface area contributed by atoms with E-state index in [1.807, 2.05) is 0 Å². The van der Waals surface area contributed by atoms with Crippen molar-refractivity contribution in [1.82, 2.24) is 0 Å². The van der Waals surface area contributed by atoms with Crippen molar-refractivity contribution < 1.29 is 13.5 Å². The van der Waals surface area contributed by atoms with Crippen molar-refractivity contribution in [2.45, 2.75) is 32.3 Å². The summed E-state index contributed by atoms with van der Waals surface area (Å²) >= 11 is 2.11. The van der Waals surface area contributed by atoms with Gasteiger partial charge in [-0.1, -0.05) is 22.6 Å². The van der Waals surface area contributed by atoms with Gasteiger partial charge in [0, 0.05) is 11.4 Å². The number of hydrogen-bond acceptors (Lipinski definition) is 1. The molecular weight excluding hydrogens is 265 g/mol. The van der Waals surface area contributed by atoms with Crippen LogP contribution in [0.5, 0.6) is 0 Å². The molecule has 0 heterocycles. The smallest absolute Gasteiger partial charge is 0.268 e. The van der Waals surface area contributed by atoms with Crippen molar-refractivity contribution >= 4 is 22.6 Å². The number of halogens is 3. The molecule has 68 valence electrons. The summed E-state index contributed by atoms with van der Waals surface area (Å²) in [6, 6.07) is 0. The first kappa shape index (κ1) is 11.6. The van der Waals surface area contributed by atoms with Crippen LogP contribution in [0, 0.1) is 0 Å². The Kier molecular flexibility index (Phi) is 4.18. The zero-order valence-corrected chi connectivity index (χ0v) is 9.11. The van der Waals surface area contributed by atoms with Gasteiger partial charge in [-0.25, -0.2) is 8.78 Å². The molecule has 0 aromatic heterocycles. The Hall–Kier alpha value is 0.550. The van der Waals surface area contributed by atoms with E-state index in [1.54, 1.807) is 13.8 Å². The van der Waals surface area contributed by atoms with Gasteiger partial charge in [-0.15, -0.1) is 0 Å². The molecule has 0 fully saturated rings. The van der Waals surface area contributed by atoms with Gasteiger partial charge in [-0.3, -0.25) is 0 Å². The minimum absolute atomic E-state index is 0.444. The molecular formula is C7H13F2IO. The fraction of sp³-hybridized carbons (Fsp3) is 1.00. The Bertz CT molecular complexity index is 120. The summed E-state index contributed by atoms with van der Waals surface area (Å²) in [6.45, 7) is 3.95. The van der Waals surface area contributed by atoms with Crippen LogP contribution >= 0.6 is 22.6 Å². The third kappa shape index (κ3) is 6.93. The fourth-order valence-corrected chi connectivity index (χ4v) is 0.581. The molecule has 11 heavy (non-hydrogen) atoms. The first-order chi connectivity index (χ1) is 4.77. The fourth-order valence-electron chi connectivity index (χ4n) is 0.361. The molecule has 0 aliphatic rings. The summed E-state index contributed by atoms with van der Waals surface area (Å²) in [5.41, 5.74) is -0.444. The third-order valence-electron chi connectivity index (χ3n) is 1.04. The van der Waals surface area contributed by atoms with Crippen LogP contribution in [0.2, 0.25) is 0 Å². The normalized spacial score (nSPS) is 13.6. The molecule has 0 aliphatic carbocycles. The molecule has 0 amide bonds. The van der Waals surface area contributed by atoms with E-state index in [9.17, 15) is 8.78 Å². The molecule has 0 spiro atoms. The van der Waals surface area contributed by atoms with Crippen LogP contribution < -0.4 is 0 Å². The van der Waals surface area contributed by atoms with Crippen molar-refractivity contribution in [3.63, 3.8) is 0 Å². The lowest BCUT2D eigenvalue weighted by molar-refractivity contribution is -0.108. The summed E-state index contributed by atoms with van der Waals surface area (Å²) in [7, 11) is 0. The molecule has 0 aromatic carbocycles. The Labute approximate surface area is 79.6 Å². The highest BCUT2D eigenvalue weighted by Crippen LogP contribution is 2.18. The van der Waals surface area contributed by atoms with Gasteiger partial charge in [0.15, 0.2) is 0 Å². The van der Waals surface area contributed by atoms with E-state index in [1.165, 1.54) is 0 Å². The minimum Gasteiger partial charge on any atom is -0.369 e. The second kappa shape index (κ2) is 3.98. The second-order valence-electron chi connectivity index (χ2n) is 3.25. The maximum Gasteiger partial charge on any atom is 0.268 e. The van der Waals surface area contributed by atoms with Crippen LogP contribution in [0.3, 0.4) is 0 Å². The van der Waals surface area contributed by atoms with Crippen molar-refractivity contribution in [3.05, 3.63) is 0 Å². The molecule has 0 saturated carbocycles. The second-order valence-corrected chi connectivity index (χ2v) is 4.01. The number of ether oxygens (including phenoxy) is 1. The van der Waals surface area contributed by atoms with E-state index in [0.29, 0.717) is 4.43 Å². The molecule has 0 N–H and O–H groups in total. The zero-order chi connectivity index (χ0) is 9.12. The van der Waals surface area contributed by atoms with Crippen molar-refractivity contribution in [2.75, 3.05) is 11.0 Å². The van der Waals surface area contributed by atoms with Crippen molar-refractivity contribution in [1.29, 1.82) is 0 Å². The van der Waals surface area contributed by atoms with Crippen LogP contribution in [0.1, 0.15) is 20.8 Å². The van der Waals surface area contributed by atoms with Gasteiger partial charge in [0.1, 0.15) is 6.61 Å². The third-order valence-corrected chi connectivity index (χ3v) is 2.88. The highest BCUT2D eigenvalue weighted by Gasteiger charge is 2.26. The average molecular weight is 278 g/mol. The minimum atomic E-state index is -2.72. The Balaban J connectivity index is 3.70. The average Bonchev–Trinajstić information content (AvgIpc) is 1.83. The van der Waals surface area contributed by atoms with Crippen LogP contribution in [0.15, 0.2) is 0 Å². The summed E-state index contributed by atoms with van der Waals surface area (Å²) in [5, 5.41) is 0. The molecule has 0 atom stereocenters. The maximum atomic E-state index is 12.3. The van der Waals surface area contributed by atoms with Gasteiger partial charge >= 0.3 is 0 Å². The van der Waals surface area contributed by atoms with Crippen LogP contribution in [0.25, 0.3) is 0 Å². The molecule has 0 saturated heterocycles. The maximum absolute atomic E-state index is 12.3. The van der Waals surface area contributed by atoms with Crippen LogP contribution in [-0.4, -0.2) is 22.6 Å². The molecule has 0 aromatic rings. The van der Waals surface area contributed by atoms with E-state index in [0.717, 1.165) is 6.92 Å². The predicted molar refractivity (Wildman–Crippen MR) is 49.5 cm³/mol. The van der Waals surface area contributed by atoms with Crippen LogP contribution in [-0.2, 0) is 4.74 Å². The first-order valence-electron chi connectivity index (χ1n) is 3.35. The molecule has 0 rings (SSSR count). The van der Waals surface area contributed by atoms with Gasteiger partial charge in [-0.2, -0.15) is 0 Å². The predicted octanol–water partition coefficient (Wildman–Crippen LogP) is 2.87. The first-order valence-corrected chi connectivity index (χ1v) is 4.87.